The van der Waals surface area contributed by atoms with E-state index in [1.165, 1.54) is 28.4 Å². The van der Waals surface area contributed by atoms with E-state index in [0.29, 0.717) is 12.5 Å². The van der Waals surface area contributed by atoms with E-state index in [0.717, 1.165) is 18.7 Å². The standard InChI is InChI=1S/C15H21IN2O/c1-11-5-6-13(10-14(11)16)18-15(19)8-7-12-4-2-3-9-17-12/h5-6,10,12,17H,2-4,7-9H2,1H3,(H,18,19). The van der Waals surface area contributed by atoms with Crippen molar-refractivity contribution < 1.29 is 4.79 Å². The summed E-state index contributed by atoms with van der Waals surface area (Å²) in [5.74, 6) is 0.118. The van der Waals surface area contributed by atoms with Gasteiger partial charge in [0.15, 0.2) is 0 Å². The van der Waals surface area contributed by atoms with Gasteiger partial charge >= 0.3 is 0 Å². The largest absolute Gasteiger partial charge is 0.326 e. The Balaban J connectivity index is 1.78. The van der Waals surface area contributed by atoms with Crippen molar-refractivity contribution in [3.05, 3.63) is 27.3 Å². The van der Waals surface area contributed by atoms with Gasteiger partial charge in [0.1, 0.15) is 0 Å². The number of carbonyl (C=O) groups excluding carboxylic acids is 1. The molecule has 0 spiro atoms. The summed E-state index contributed by atoms with van der Waals surface area (Å²) < 4.78 is 1.18. The van der Waals surface area contributed by atoms with Crippen molar-refractivity contribution in [2.45, 2.75) is 45.1 Å². The van der Waals surface area contributed by atoms with Gasteiger partial charge in [0.25, 0.3) is 0 Å². The molecule has 0 saturated carbocycles. The Morgan fingerprint density at radius 2 is 2.32 bits per heavy atom. The predicted molar refractivity (Wildman–Crippen MR) is 87.4 cm³/mol. The molecule has 1 fully saturated rings. The van der Waals surface area contributed by atoms with E-state index < -0.39 is 0 Å². The van der Waals surface area contributed by atoms with Crippen molar-refractivity contribution in [1.29, 1.82) is 0 Å². The second-order valence-corrected chi connectivity index (χ2v) is 6.36. The highest BCUT2D eigenvalue weighted by atomic mass is 127. The Bertz CT molecular complexity index is 442. The Labute approximate surface area is 128 Å². The first-order valence-electron chi connectivity index (χ1n) is 6.94. The first-order chi connectivity index (χ1) is 9.15. The van der Waals surface area contributed by atoms with Crippen LogP contribution < -0.4 is 10.6 Å². The molecule has 2 N–H and O–H groups in total. The van der Waals surface area contributed by atoms with Crippen molar-refractivity contribution in [3.63, 3.8) is 0 Å². The van der Waals surface area contributed by atoms with Gasteiger partial charge in [-0.25, -0.2) is 0 Å². The van der Waals surface area contributed by atoms with Gasteiger partial charge in [0, 0.05) is 21.7 Å². The van der Waals surface area contributed by atoms with E-state index in [4.69, 9.17) is 0 Å². The van der Waals surface area contributed by atoms with Gasteiger partial charge in [0.05, 0.1) is 0 Å². The average Bonchev–Trinajstić information content (AvgIpc) is 2.42. The molecule has 1 aliphatic rings. The van der Waals surface area contributed by atoms with Crippen LogP contribution in [0.1, 0.15) is 37.7 Å². The zero-order chi connectivity index (χ0) is 13.7. The van der Waals surface area contributed by atoms with Crippen LogP contribution in [0.25, 0.3) is 0 Å². The van der Waals surface area contributed by atoms with Crippen LogP contribution in [0.4, 0.5) is 5.69 Å². The van der Waals surface area contributed by atoms with Crippen molar-refractivity contribution in [3.8, 4) is 0 Å². The van der Waals surface area contributed by atoms with E-state index in [-0.39, 0.29) is 5.91 Å². The molecule has 4 heteroatoms. The van der Waals surface area contributed by atoms with Gasteiger partial charge in [-0.05, 0) is 73.0 Å². The third-order valence-corrected chi connectivity index (χ3v) is 4.75. The van der Waals surface area contributed by atoms with E-state index in [9.17, 15) is 4.79 Å². The Morgan fingerprint density at radius 1 is 1.47 bits per heavy atom. The minimum absolute atomic E-state index is 0.118. The van der Waals surface area contributed by atoms with Crippen LogP contribution in [-0.4, -0.2) is 18.5 Å². The van der Waals surface area contributed by atoms with E-state index in [2.05, 4.69) is 40.1 Å². The van der Waals surface area contributed by atoms with Crippen LogP contribution >= 0.6 is 22.6 Å². The van der Waals surface area contributed by atoms with Crippen molar-refractivity contribution in [2.24, 2.45) is 0 Å². The third kappa shape index (κ3) is 4.76. The highest BCUT2D eigenvalue weighted by Gasteiger charge is 2.14. The van der Waals surface area contributed by atoms with Gasteiger partial charge in [-0.15, -0.1) is 0 Å². The zero-order valence-electron chi connectivity index (χ0n) is 11.3. The second-order valence-electron chi connectivity index (χ2n) is 5.20. The van der Waals surface area contributed by atoms with Crippen molar-refractivity contribution in [2.75, 3.05) is 11.9 Å². The Hall–Kier alpha value is -0.620. The Kier molecular flexibility index (Phi) is 5.63. The number of rotatable bonds is 4. The fourth-order valence-electron chi connectivity index (χ4n) is 2.37. The maximum atomic E-state index is 11.9. The number of piperidine rings is 1. The molecule has 1 atom stereocenters. The van der Waals surface area contributed by atoms with Crippen LogP contribution in [-0.2, 0) is 4.79 Å². The number of nitrogens with one attached hydrogen (secondary N) is 2. The molecule has 1 unspecified atom stereocenters. The quantitative estimate of drug-likeness (QED) is 0.795. The molecule has 1 aromatic carbocycles. The third-order valence-electron chi connectivity index (χ3n) is 3.59. The van der Waals surface area contributed by atoms with Gasteiger partial charge in [0.2, 0.25) is 5.91 Å². The van der Waals surface area contributed by atoms with E-state index >= 15 is 0 Å². The molecule has 104 valence electrons. The summed E-state index contributed by atoms with van der Waals surface area (Å²) in [6.45, 7) is 3.17. The van der Waals surface area contributed by atoms with Crippen LogP contribution in [0.15, 0.2) is 18.2 Å². The number of anilines is 1. The summed E-state index contributed by atoms with van der Waals surface area (Å²) in [5, 5.41) is 6.45. The van der Waals surface area contributed by atoms with Crippen molar-refractivity contribution in [1.82, 2.24) is 5.32 Å². The van der Waals surface area contributed by atoms with Crippen molar-refractivity contribution >= 4 is 34.2 Å². The van der Waals surface area contributed by atoms with E-state index in [1.54, 1.807) is 0 Å². The molecule has 0 aromatic heterocycles. The molecule has 0 radical (unpaired) electrons. The summed E-state index contributed by atoms with van der Waals surface area (Å²) in [7, 11) is 0. The molecule has 2 rings (SSSR count). The predicted octanol–water partition coefficient (Wildman–Crippen LogP) is 3.46. The average molecular weight is 372 g/mol. The maximum absolute atomic E-state index is 11.9. The molecule has 0 bridgehead atoms. The molecule has 1 heterocycles. The summed E-state index contributed by atoms with van der Waals surface area (Å²) in [6, 6.07) is 6.55. The highest BCUT2D eigenvalue weighted by molar-refractivity contribution is 14.1. The minimum Gasteiger partial charge on any atom is -0.326 e. The van der Waals surface area contributed by atoms with Crippen LogP contribution in [0.2, 0.25) is 0 Å². The number of hydrogen-bond acceptors (Lipinski definition) is 2. The van der Waals surface area contributed by atoms with Gasteiger partial charge in [-0.1, -0.05) is 12.5 Å². The van der Waals surface area contributed by atoms with E-state index in [1.807, 2.05) is 18.2 Å². The molecule has 0 aliphatic carbocycles. The van der Waals surface area contributed by atoms with Gasteiger partial charge in [-0.3, -0.25) is 4.79 Å². The second kappa shape index (κ2) is 7.24. The summed E-state index contributed by atoms with van der Waals surface area (Å²) in [6.07, 6.45) is 5.30. The smallest absolute Gasteiger partial charge is 0.224 e. The Morgan fingerprint density at radius 3 is 3.00 bits per heavy atom. The highest BCUT2D eigenvalue weighted by Crippen LogP contribution is 2.18. The summed E-state index contributed by atoms with van der Waals surface area (Å²) in [4.78, 5) is 11.9. The van der Waals surface area contributed by atoms with Crippen LogP contribution in [0, 0.1) is 10.5 Å². The van der Waals surface area contributed by atoms with Gasteiger partial charge in [-0.2, -0.15) is 0 Å². The molecule has 1 saturated heterocycles. The van der Waals surface area contributed by atoms with Crippen LogP contribution in [0.5, 0.6) is 0 Å². The topological polar surface area (TPSA) is 41.1 Å². The number of aryl methyl sites for hydroxylation is 1. The lowest BCUT2D eigenvalue weighted by Gasteiger charge is -2.23. The maximum Gasteiger partial charge on any atom is 0.224 e. The van der Waals surface area contributed by atoms with Crippen LogP contribution in [0.3, 0.4) is 0 Å². The molecule has 3 nitrogen and oxygen atoms in total. The molecule has 1 amide bonds. The first kappa shape index (κ1) is 14.8. The normalized spacial score (nSPS) is 19.2. The number of hydrogen-bond donors (Lipinski definition) is 2. The monoisotopic (exact) mass is 372 g/mol. The number of halogens is 1. The lowest BCUT2D eigenvalue weighted by atomic mass is 10.0. The SMILES string of the molecule is Cc1ccc(NC(=O)CCC2CCCCN2)cc1I. The first-order valence-corrected chi connectivity index (χ1v) is 8.02. The lowest BCUT2D eigenvalue weighted by molar-refractivity contribution is -0.116. The lowest BCUT2D eigenvalue weighted by Crippen LogP contribution is -2.34. The zero-order valence-corrected chi connectivity index (χ0v) is 13.5. The molecule has 19 heavy (non-hydrogen) atoms. The fourth-order valence-corrected chi connectivity index (χ4v) is 2.89. The fraction of sp³-hybridized carbons (Fsp3) is 0.533. The summed E-state index contributed by atoms with van der Waals surface area (Å²) >= 11 is 2.29. The number of carbonyl (C=O) groups is 1. The molecular weight excluding hydrogens is 351 g/mol. The number of amides is 1. The molecular formula is C15H21IN2O. The molecule has 1 aliphatic heterocycles. The summed E-state index contributed by atoms with van der Waals surface area (Å²) in [5.41, 5.74) is 2.14. The number of benzene rings is 1. The molecule has 1 aromatic rings. The van der Waals surface area contributed by atoms with Gasteiger partial charge < -0.3 is 10.6 Å². The minimum atomic E-state index is 0.118.